The van der Waals surface area contributed by atoms with Gasteiger partial charge >= 0.3 is 0 Å². The van der Waals surface area contributed by atoms with Gasteiger partial charge in [0.15, 0.2) is 0 Å². The molecule has 12 fully saturated rings. The largest absolute Gasteiger partial charge is 0.300 e. The van der Waals surface area contributed by atoms with E-state index in [-0.39, 0.29) is 37.1 Å². The Kier molecular flexibility index (Phi) is 31.5. The van der Waals surface area contributed by atoms with Crippen molar-refractivity contribution in [3.8, 4) is 0 Å². The molecule has 12 unspecified atom stereocenters. The Bertz CT molecular complexity index is 1190. The molecule has 0 saturated carbocycles. The normalized spacial score (nSPS) is 37.9. The molecule has 0 aromatic heterocycles. The van der Waals surface area contributed by atoms with E-state index < -0.39 is 0 Å². The average Bonchev–Trinajstić information content (AvgIpc) is 4.10. The van der Waals surface area contributed by atoms with Crippen LogP contribution in [0, 0.1) is 35.5 Å². The van der Waals surface area contributed by atoms with Crippen LogP contribution in [0.25, 0.3) is 0 Å². The van der Waals surface area contributed by atoms with Gasteiger partial charge in [0.05, 0.1) is 0 Å². The molecule has 0 bridgehead atoms. The molecule has 12 rings (SSSR count). The highest BCUT2D eigenvalue weighted by Gasteiger charge is 2.34. The topological polar surface area (TPSA) is 19.4 Å². The van der Waals surface area contributed by atoms with E-state index in [4.69, 9.17) is 0 Å². The first kappa shape index (κ1) is 63.9. The molecule has 12 aliphatic heterocycles. The van der Waals surface area contributed by atoms with Crippen molar-refractivity contribution in [1.29, 1.82) is 0 Å². The van der Waals surface area contributed by atoms with Gasteiger partial charge in [-0.3, -0.25) is 0 Å². The van der Waals surface area contributed by atoms with Crippen molar-refractivity contribution < 1.29 is 0 Å². The van der Waals surface area contributed by atoms with Gasteiger partial charge in [-0.1, -0.05) is 111 Å². The fourth-order valence-corrected chi connectivity index (χ4v) is 15.2. The Balaban J connectivity index is 0.000000276. The molecule has 0 N–H and O–H groups in total. The highest BCUT2D eigenvalue weighted by Crippen LogP contribution is 2.34. The van der Waals surface area contributed by atoms with E-state index in [2.05, 4.69) is 70.9 Å². The first-order valence-corrected chi connectivity index (χ1v) is 29.1. The second kappa shape index (κ2) is 33.6. The predicted molar refractivity (Wildman–Crippen MR) is 305 cm³/mol. The summed E-state index contributed by atoms with van der Waals surface area (Å²) in [5, 5.41) is 0. The third kappa shape index (κ3) is 20.2. The van der Waals surface area contributed by atoms with Gasteiger partial charge in [-0.15, -0.1) is 0 Å². The van der Waals surface area contributed by atoms with Crippen LogP contribution in [-0.2, 0) is 0 Å². The fraction of sp³-hybridized carbons (Fsp3) is 1.00. The van der Waals surface area contributed by atoms with Gasteiger partial charge < -0.3 is 29.4 Å². The molecular formula is C62H128N6. The minimum atomic E-state index is 0. The van der Waals surface area contributed by atoms with Crippen molar-refractivity contribution in [3.05, 3.63) is 0 Å². The Morgan fingerprint density at radius 2 is 0.485 bits per heavy atom. The Hall–Kier alpha value is -0.240. The smallest absolute Gasteiger partial charge is 0.00988 e. The molecule has 68 heavy (non-hydrogen) atoms. The van der Waals surface area contributed by atoms with Crippen molar-refractivity contribution in [2.75, 3.05) is 78.5 Å². The molecule has 0 amide bonds. The van der Waals surface area contributed by atoms with Crippen LogP contribution in [0.4, 0.5) is 0 Å². The van der Waals surface area contributed by atoms with Gasteiger partial charge in [0, 0.05) is 55.9 Å². The summed E-state index contributed by atoms with van der Waals surface area (Å²) in [7, 11) is 0. The molecule has 0 spiro atoms. The van der Waals surface area contributed by atoms with Gasteiger partial charge in [-0.25, -0.2) is 0 Å². The van der Waals surface area contributed by atoms with E-state index in [0.717, 1.165) is 71.8 Å². The van der Waals surface area contributed by atoms with E-state index in [1.54, 1.807) is 0 Å². The van der Waals surface area contributed by atoms with E-state index in [1.807, 2.05) is 0 Å². The van der Waals surface area contributed by atoms with Crippen molar-refractivity contribution in [2.45, 2.75) is 288 Å². The third-order valence-corrected chi connectivity index (χ3v) is 19.0. The molecule has 0 aromatic carbocycles. The zero-order valence-corrected chi connectivity index (χ0v) is 43.2. The van der Waals surface area contributed by atoms with E-state index >= 15 is 0 Å². The summed E-state index contributed by atoms with van der Waals surface area (Å²) >= 11 is 0. The highest BCUT2D eigenvalue weighted by atomic mass is 15.2. The van der Waals surface area contributed by atoms with Crippen LogP contribution in [0.15, 0.2) is 0 Å². The second-order valence-electron chi connectivity index (χ2n) is 24.9. The summed E-state index contributed by atoms with van der Waals surface area (Å²) in [6, 6.07) is 5.83. The number of hydrogen-bond acceptors (Lipinski definition) is 6. The quantitative estimate of drug-likeness (QED) is 0.239. The minimum Gasteiger partial charge on any atom is -0.300 e. The first-order chi connectivity index (χ1) is 30.7. The molecule has 6 nitrogen and oxygen atoms in total. The summed E-state index contributed by atoms with van der Waals surface area (Å²) in [6.07, 6.45) is 39.6. The maximum Gasteiger partial charge on any atom is 0.00988 e. The summed E-state index contributed by atoms with van der Waals surface area (Å²) in [5.74, 6) is 5.90. The van der Waals surface area contributed by atoms with E-state index in [1.165, 1.54) is 252 Å². The average molecular weight is 958 g/mol. The minimum absolute atomic E-state index is 0. The van der Waals surface area contributed by atoms with Crippen LogP contribution in [0.3, 0.4) is 0 Å². The van der Waals surface area contributed by atoms with E-state index in [0.29, 0.717) is 0 Å². The van der Waals surface area contributed by atoms with Gasteiger partial charge in [0.2, 0.25) is 0 Å². The lowest BCUT2D eigenvalue weighted by atomic mass is 9.87. The SMILES string of the molecule is C.C.C.C.C.CC1CC2CCCCCN2C1.CC1CC2CCCCN2C1.CC1CC2CCCN2C1.CC1CCC2CCCCN2CC1.CC1CCN2CCCC2C1.CC1CCN2CCCCC2C1. The van der Waals surface area contributed by atoms with Gasteiger partial charge in [0.1, 0.15) is 0 Å². The Morgan fingerprint density at radius 3 is 0.926 bits per heavy atom. The van der Waals surface area contributed by atoms with Gasteiger partial charge in [0.25, 0.3) is 0 Å². The number of fused-ring (bicyclic) bond motifs is 6. The van der Waals surface area contributed by atoms with Gasteiger partial charge in [-0.05, 0) is 236 Å². The second-order valence-corrected chi connectivity index (χ2v) is 24.9. The van der Waals surface area contributed by atoms with Crippen molar-refractivity contribution in [2.24, 2.45) is 35.5 Å². The summed E-state index contributed by atoms with van der Waals surface area (Å²) in [4.78, 5) is 16.2. The number of piperidine rings is 5. The van der Waals surface area contributed by atoms with Crippen LogP contribution < -0.4 is 0 Å². The fourth-order valence-electron chi connectivity index (χ4n) is 15.2. The monoisotopic (exact) mass is 957 g/mol. The molecule has 12 atom stereocenters. The molecule has 406 valence electrons. The molecule has 12 aliphatic rings. The van der Waals surface area contributed by atoms with Crippen molar-refractivity contribution >= 4 is 0 Å². The number of nitrogens with zero attached hydrogens (tertiary/aromatic N) is 6. The standard InChI is InChI=1S/C11H21N.2C10H19N.2C9H17N.C8H15N.5CH4/c1-10-5-6-11-4-2-3-8-12(11)9-7-10;1-9-5-7-11-6-3-2-4-10(11)8-9;1-9-7-10-5-3-2-4-6-11(10)8-9;1-8-4-6-10-5-2-3-9(10)7-8;1-8-6-9-4-2-3-5-10(9)7-8;1-7-5-8-3-2-4-9(8)6-7;;;;;/h10-11H,2-9H2,1H3;2*9-10H,2-8H2,1H3;2*8-9H,2-7H2,1H3;7-8H,2-6H2,1H3;5*1H4. The highest BCUT2D eigenvalue weighted by molar-refractivity contribution is 4.89. The van der Waals surface area contributed by atoms with E-state index in [9.17, 15) is 0 Å². The van der Waals surface area contributed by atoms with Crippen LogP contribution >= 0.6 is 0 Å². The maximum absolute atomic E-state index is 2.74. The number of hydrogen-bond donors (Lipinski definition) is 0. The summed E-state index contributed by atoms with van der Waals surface area (Å²) in [5.41, 5.74) is 0. The summed E-state index contributed by atoms with van der Waals surface area (Å²) < 4.78 is 0. The molecular weight excluding hydrogens is 829 g/mol. The van der Waals surface area contributed by atoms with Crippen LogP contribution in [0.2, 0.25) is 0 Å². The lowest BCUT2D eigenvalue weighted by molar-refractivity contribution is 0.0839. The molecule has 12 heterocycles. The lowest BCUT2D eigenvalue weighted by Crippen LogP contribution is -2.44. The Labute approximate surface area is 430 Å². The molecule has 0 radical (unpaired) electrons. The van der Waals surface area contributed by atoms with Crippen LogP contribution in [-0.4, -0.2) is 144 Å². The zero-order valence-electron chi connectivity index (χ0n) is 43.2. The zero-order chi connectivity index (χ0) is 44.0. The van der Waals surface area contributed by atoms with Gasteiger partial charge in [-0.2, -0.15) is 0 Å². The summed E-state index contributed by atoms with van der Waals surface area (Å²) in [6.45, 7) is 31.0. The lowest BCUT2D eigenvalue weighted by Gasteiger charge is -2.41. The third-order valence-electron chi connectivity index (χ3n) is 19.0. The first-order valence-electron chi connectivity index (χ1n) is 29.1. The molecule has 0 aromatic rings. The molecule has 0 aliphatic carbocycles. The molecule has 6 heteroatoms. The molecule has 12 saturated heterocycles. The maximum atomic E-state index is 2.74. The van der Waals surface area contributed by atoms with Crippen LogP contribution in [0.5, 0.6) is 0 Å². The Morgan fingerprint density at radius 1 is 0.206 bits per heavy atom. The van der Waals surface area contributed by atoms with Crippen LogP contribution in [0.1, 0.15) is 252 Å². The predicted octanol–water partition coefficient (Wildman–Crippen LogP) is 15.6. The van der Waals surface area contributed by atoms with Crippen molar-refractivity contribution in [3.63, 3.8) is 0 Å². The number of rotatable bonds is 0. The van der Waals surface area contributed by atoms with Crippen molar-refractivity contribution in [1.82, 2.24) is 29.4 Å².